The Hall–Kier alpha value is -2.02. The predicted octanol–water partition coefficient (Wildman–Crippen LogP) is 3.21. The minimum atomic E-state index is -0.567. The molecule has 0 aliphatic heterocycles. The molecule has 0 radical (unpaired) electrons. The zero-order chi connectivity index (χ0) is 18.2. The van der Waals surface area contributed by atoms with Crippen LogP contribution in [-0.2, 0) is 16.1 Å². The van der Waals surface area contributed by atoms with Crippen LogP contribution in [0, 0.1) is 0 Å². The number of hydrogen-bond donors (Lipinski definition) is 2. The number of nitrogens with zero attached hydrogens (tertiary/aromatic N) is 2. The molecule has 3 rings (SSSR count). The number of halogens is 1. The van der Waals surface area contributed by atoms with E-state index in [9.17, 15) is 4.79 Å². The van der Waals surface area contributed by atoms with E-state index >= 15 is 0 Å². The molecule has 1 aliphatic carbocycles. The lowest BCUT2D eigenvalue weighted by atomic mass is 10.2. The Morgan fingerprint density at radius 3 is 2.84 bits per heavy atom. The number of nitrogens with two attached hydrogens (primary N) is 1. The topological polar surface area (TPSA) is 81.6 Å². The summed E-state index contributed by atoms with van der Waals surface area (Å²) in [6.07, 6.45) is 8.10. The molecule has 1 saturated carbocycles. The molecule has 0 amide bonds. The van der Waals surface area contributed by atoms with Crippen LogP contribution in [0.25, 0.3) is 5.65 Å². The van der Waals surface area contributed by atoms with E-state index in [1.165, 1.54) is 24.6 Å². The third kappa shape index (κ3) is 4.54. The van der Waals surface area contributed by atoms with Gasteiger partial charge in [0.1, 0.15) is 11.3 Å². The molecule has 134 valence electrons. The van der Waals surface area contributed by atoms with Crippen molar-refractivity contribution < 1.29 is 9.53 Å². The molecule has 25 heavy (non-hydrogen) atoms. The predicted molar refractivity (Wildman–Crippen MR) is 99.8 cm³/mol. The van der Waals surface area contributed by atoms with Crippen molar-refractivity contribution in [1.29, 1.82) is 0 Å². The first-order valence-electron chi connectivity index (χ1n) is 8.32. The Labute approximate surface area is 155 Å². The fraction of sp³-hybridized carbons (Fsp3) is 0.444. The van der Waals surface area contributed by atoms with Gasteiger partial charge >= 0.3 is 5.97 Å². The highest BCUT2D eigenvalue weighted by atomic mass is 79.9. The van der Waals surface area contributed by atoms with Gasteiger partial charge in [-0.2, -0.15) is 0 Å². The Morgan fingerprint density at radius 2 is 2.20 bits per heavy atom. The third-order valence-corrected chi connectivity index (χ3v) is 4.38. The summed E-state index contributed by atoms with van der Waals surface area (Å²) in [4.78, 5) is 16.4. The number of esters is 1. The number of aromatic nitrogens is 2. The van der Waals surface area contributed by atoms with Gasteiger partial charge in [-0.3, -0.25) is 0 Å². The molecule has 6 nitrogen and oxygen atoms in total. The quantitative estimate of drug-likeness (QED) is 0.588. The summed E-state index contributed by atoms with van der Waals surface area (Å²) < 4.78 is 8.24. The molecule has 0 spiro atoms. The highest BCUT2D eigenvalue weighted by molar-refractivity contribution is 9.10. The van der Waals surface area contributed by atoms with Crippen molar-refractivity contribution >= 4 is 27.5 Å². The van der Waals surface area contributed by atoms with Crippen LogP contribution in [0.4, 0.5) is 0 Å². The molecule has 1 aliphatic rings. The number of fused-ring (bicyclic) bond motifs is 1. The van der Waals surface area contributed by atoms with E-state index in [0.29, 0.717) is 12.5 Å². The zero-order valence-electron chi connectivity index (χ0n) is 14.7. The van der Waals surface area contributed by atoms with E-state index in [1.54, 1.807) is 20.8 Å². The van der Waals surface area contributed by atoms with Crippen LogP contribution < -0.4 is 11.1 Å². The van der Waals surface area contributed by atoms with E-state index in [1.807, 2.05) is 10.6 Å². The van der Waals surface area contributed by atoms with Crippen molar-refractivity contribution in [3.8, 4) is 0 Å². The van der Waals surface area contributed by atoms with Gasteiger partial charge in [-0.15, -0.1) is 0 Å². The third-order valence-electron chi connectivity index (χ3n) is 3.80. The van der Waals surface area contributed by atoms with Crippen LogP contribution in [0.15, 0.2) is 34.8 Å². The number of pyridine rings is 1. The highest BCUT2D eigenvalue weighted by Crippen LogP contribution is 2.41. The van der Waals surface area contributed by atoms with Gasteiger partial charge in [0.2, 0.25) is 0 Å². The monoisotopic (exact) mass is 406 g/mol. The van der Waals surface area contributed by atoms with Gasteiger partial charge in [-0.1, -0.05) is 0 Å². The van der Waals surface area contributed by atoms with Gasteiger partial charge in [0, 0.05) is 18.6 Å². The van der Waals surface area contributed by atoms with Gasteiger partial charge in [0.25, 0.3) is 0 Å². The first-order valence-corrected chi connectivity index (χ1v) is 9.11. The lowest BCUT2D eigenvalue weighted by molar-refractivity contribution is -0.149. The molecule has 7 heteroatoms. The molecule has 0 saturated heterocycles. The average molecular weight is 407 g/mol. The fourth-order valence-electron chi connectivity index (χ4n) is 2.51. The first kappa shape index (κ1) is 17.8. The maximum atomic E-state index is 11.8. The Morgan fingerprint density at radius 1 is 1.48 bits per heavy atom. The highest BCUT2D eigenvalue weighted by Gasteiger charge is 2.24. The summed E-state index contributed by atoms with van der Waals surface area (Å²) in [5.74, 6) is 0.146. The summed E-state index contributed by atoms with van der Waals surface area (Å²) in [5, 5.41) is 3.02. The average Bonchev–Trinajstić information content (AvgIpc) is 3.26. The van der Waals surface area contributed by atoms with E-state index in [0.717, 1.165) is 15.8 Å². The summed E-state index contributed by atoms with van der Waals surface area (Å²) >= 11 is 3.60. The lowest BCUT2D eigenvalue weighted by Crippen LogP contribution is -2.28. The van der Waals surface area contributed by atoms with E-state index in [2.05, 4.69) is 38.5 Å². The van der Waals surface area contributed by atoms with Crippen molar-refractivity contribution in [3.63, 3.8) is 0 Å². The van der Waals surface area contributed by atoms with Crippen molar-refractivity contribution in [2.75, 3.05) is 0 Å². The molecule has 2 aromatic heterocycles. The lowest BCUT2D eigenvalue weighted by Gasteiger charge is -2.19. The van der Waals surface area contributed by atoms with Crippen LogP contribution in [0.2, 0.25) is 0 Å². The smallest absolute Gasteiger partial charge is 0.356 e. The second-order valence-corrected chi connectivity index (χ2v) is 8.20. The largest absolute Gasteiger partial charge is 0.455 e. The van der Waals surface area contributed by atoms with Crippen molar-refractivity contribution in [1.82, 2.24) is 14.7 Å². The molecule has 0 aromatic carbocycles. The molecule has 3 N–H and O–H groups in total. The molecule has 0 bridgehead atoms. The first-order chi connectivity index (χ1) is 11.7. The maximum absolute atomic E-state index is 11.8. The van der Waals surface area contributed by atoms with Gasteiger partial charge in [-0.25, -0.2) is 9.78 Å². The van der Waals surface area contributed by atoms with Crippen LogP contribution in [0.3, 0.4) is 0 Å². The van der Waals surface area contributed by atoms with Gasteiger partial charge in [0.15, 0.2) is 5.65 Å². The fourth-order valence-corrected chi connectivity index (χ4v) is 3.07. The SMILES string of the molecule is CC(C)(C)OC(=O)/C(N)=C/NCc1cn2cc(C3CC3)cc(Br)c2n1. The minimum Gasteiger partial charge on any atom is -0.455 e. The molecule has 0 unspecified atom stereocenters. The summed E-state index contributed by atoms with van der Waals surface area (Å²) in [6.45, 7) is 5.87. The van der Waals surface area contributed by atoms with Crippen LogP contribution >= 0.6 is 15.9 Å². The van der Waals surface area contributed by atoms with Crippen molar-refractivity contribution in [3.05, 3.63) is 46.1 Å². The number of rotatable bonds is 5. The van der Waals surface area contributed by atoms with Crippen LogP contribution in [-0.4, -0.2) is 21.0 Å². The second-order valence-electron chi connectivity index (χ2n) is 7.34. The summed E-state index contributed by atoms with van der Waals surface area (Å²) in [5.41, 5.74) is 8.29. The van der Waals surface area contributed by atoms with Crippen molar-refractivity contribution in [2.45, 2.75) is 51.7 Å². The molecular formula is C18H23BrN4O2. The molecule has 2 aromatic rings. The van der Waals surface area contributed by atoms with E-state index < -0.39 is 11.6 Å². The van der Waals surface area contributed by atoms with Gasteiger partial charge < -0.3 is 20.2 Å². The Bertz CT molecular complexity index is 831. The number of ether oxygens (including phenoxy) is 1. The number of carbonyl (C=O) groups is 1. The van der Waals surface area contributed by atoms with Gasteiger partial charge in [-0.05, 0) is 67.1 Å². The van der Waals surface area contributed by atoms with Gasteiger partial charge in [0.05, 0.1) is 16.7 Å². The molecule has 1 fully saturated rings. The number of imidazole rings is 1. The Kier molecular flexibility index (Phi) is 4.77. The van der Waals surface area contributed by atoms with Crippen LogP contribution in [0.5, 0.6) is 0 Å². The maximum Gasteiger partial charge on any atom is 0.356 e. The van der Waals surface area contributed by atoms with E-state index in [4.69, 9.17) is 10.5 Å². The molecular weight excluding hydrogens is 384 g/mol. The molecule has 0 atom stereocenters. The standard InChI is InChI=1S/C18H23BrN4O2/c1-18(2,3)25-17(24)15(20)8-21-7-13-10-23-9-12(11-4-5-11)6-14(19)16(23)22-13/h6,8-11,21H,4-5,7,20H2,1-3H3/b15-8-. The van der Waals surface area contributed by atoms with E-state index in [-0.39, 0.29) is 5.70 Å². The summed E-state index contributed by atoms with van der Waals surface area (Å²) in [6, 6.07) is 2.15. The number of nitrogens with one attached hydrogen (secondary N) is 1. The zero-order valence-corrected chi connectivity index (χ0v) is 16.3. The summed E-state index contributed by atoms with van der Waals surface area (Å²) in [7, 11) is 0. The van der Waals surface area contributed by atoms with Crippen LogP contribution in [0.1, 0.15) is 50.8 Å². The minimum absolute atomic E-state index is 0.0379. The second kappa shape index (κ2) is 6.71. The normalized spacial score (nSPS) is 15.4. The Balaban J connectivity index is 1.66. The number of carbonyl (C=O) groups excluding carboxylic acids is 1. The molecule has 2 heterocycles. The van der Waals surface area contributed by atoms with Crippen molar-refractivity contribution in [2.24, 2.45) is 5.73 Å². The number of hydrogen-bond acceptors (Lipinski definition) is 5.